The van der Waals surface area contributed by atoms with E-state index in [1.54, 1.807) is 23.1 Å². The van der Waals surface area contributed by atoms with E-state index >= 15 is 0 Å². The first kappa shape index (κ1) is 26.0. The molecule has 0 spiro atoms. The fourth-order valence-electron chi connectivity index (χ4n) is 5.48. The summed E-state index contributed by atoms with van der Waals surface area (Å²) in [5.41, 5.74) is 7.12. The molecule has 2 amide bonds. The fourth-order valence-corrected chi connectivity index (χ4v) is 5.48. The van der Waals surface area contributed by atoms with E-state index in [-0.39, 0.29) is 36.7 Å². The Hall–Kier alpha value is -3.59. The van der Waals surface area contributed by atoms with Gasteiger partial charge in [-0.3, -0.25) is 14.5 Å². The number of rotatable bonds is 4. The number of ether oxygens (including phenoxy) is 2. The van der Waals surface area contributed by atoms with Crippen molar-refractivity contribution in [1.82, 2.24) is 10.2 Å². The van der Waals surface area contributed by atoms with Crippen LogP contribution < -0.4 is 20.5 Å². The Bertz CT molecular complexity index is 1310. The van der Waals surface area contributed by atoms with E-state index in [0.29, 0.717) is 29.0 Å². The molecule has 0 fully saturated rings. The highest BCUT2D eigenvalue weighted by Crippen LogP contribution is 2.45. The normalized spacial score (nSPS) is 28.0. The predicted octanol–water partition coefficient (Wildman–Crippen LogP) is 3.47. The number of nitrogens with two attached hydrogens (primary N) is 1. The number of nitrogens with zero attached hydrogens (tertiary/aromatic N) is 2. The Kier molecular flexibility index (Phi) is 6.38. The van der Waals surface area contributed by atoms with Gasteiger partial charge >= 0.3 is 0 Å². The van der Waals surface area contributed by atoms with Gasteiger partial charge in [-0.15, -0.1) is 0 Å². The summed E-state index contributed by atoms with van der Waals surface area (Å²) >= 11 is 0. The minimum atomic E-state index is -0.888. The average Bonchev–Trinajstić information content (AvgIpc) is 2.84. The third-order valence-electron chi connectivity index (χ3n) is 7.99. The molecule has 3 heterocycles. The lowest BCUT2D eigenvalue weighted by Crippen LogP contribution is -2.55. The average molecular weight is 521 g/mol. The van der Waals surface area contributed by atoms with Gasteiger partial charge < -0.3 is 25.6 Å². The van der Waals surface area contributed by atoms with Crippen LogP contribution in [0.15, 0.2) is 47.5 Å². The number of nitrogens with one attached hydrogen (secondary N) is 1. The number of amides is 2. The van der Waals surface area contributed by atoms with Crippen LogP contribution in [0.3, 0.4) is 0 Å². The van der Waals surface area contributed by atoms with Crippen molar-refractivity contribution in [1.29, 1.82) is 0 Å². The molecule has 4 N–H and O–H groups in total. The van der Waals surface area contributed by atoms with E-state index < -0.39 is 29.3 Å². The Morgan fingerprint density at radius 3 is 2.61 bits per heavy atom. The van der Waals surface area contributed by atoms with Crippen molar-refractivity contribution >= 4 is 17.8 Å². The molecule has 4 atom stereocenters. The summed E-state index contributed by atoms with van der Waals surface area (Å²) in [5.74, 6) is 1.11. The molecule has 9 heteroatoms. The second-order valence-corrected chi connectivity index (χ2v) is 11.6. The molecule has 0 saturated heterocycles. The van der Waals surface area contributed by atoms with Gasteiger partial charge in [0.15, 0.2) is 5.96 Å². The highest BCUT2D eigenvalue weighted by atomic mass is 16.5. The zero-order valence-electron chi connectivity index (χ0n) is 22.5. The SMILES string of the molecule is CC(C)C1(C)CC(=O)N([C@@H]2CC(C)(C)Oc3ccc(C(=O)N[C@@H]4c5ccccc5OC[C@H]4O)cc32)C(N)=N1. The molecule has 38 heavy (non-hydrogen) atoms. The number of para-hydroxylation sites is 1. The van der Waals surface area contributed by atoms with Crippen LogP contribution in [-0.4, -0.2) is 51.6 Å². The minimum absolute atomic E-state index is 0.0854. The standard InChI is InChI=1S/C29H36N4O5/c1-16(2)29(5)14-24(35)33(27(30)32-29)20-13-28(3,4)38-23-11-10-17(12-19(20)23)26(36)31-25-18-8-6-7-9-22(18)37-15-21(25)34/h6-12,16,20-21,25,34H,13-15H2,1-5H3,(H2,30,32)(H,31,36)/t20-,21-,25-,29?/m1/s1. The predicted molar refractivity (Wildman–Crippen MR) is 143 cm³/mol. The molecule has 2 aromatic rings. The number of benzene rings is 2. The van der Waals surface area contributed by atoms with Crippen molar-refractivity contribution < 1.29 is 24.2 Å². The molecular formula is C29H36N4O5. The quantitative estimate of drug-likeness (QED) is 0.567. The van der Waals surface area contributed by atoms with Crippen LogP contribution in [0.1, 0.15) is 81.0 Å². The van der Waals surface area contributed by atoms with E-state index in [9.17, 15) is 14.7 Å². The third-order valence-corrected chi connectivity index (χ3v) is 7.99. The van der Waals surface area contributed by atoms with Gasteiger partial charge in [0, 0.05) is 23.1 Å². The van der Waals surface area contributed by atoms with Crippen molar-refractivity contribution in [2.45, 2.75) is 76.8 Å². The van der Waals surface area contributed by atoms with Crippen molar-refractivity contribution in [3.8, 4) is 11.5 Å². The van der Waals surface area contributed by atoms with Crippen LogP contribution in [-0.2, 0) is 4.79 Å². The van der Waals surface area contributed by atoms with Gasteiger partial charge in [0.2, 0.25) is 5.91 Å². The van der Waals surface area contributed by atoms with Crippen molar-refractivity contribution in [3.63, 3.8) is 0 Å². The number of aliphatic imine (C=N–C) groups is 1. The molecule has 1 unspecified atom stereocenters. The maximum absolute atomic E-state index is 13.5. The van der Waals surface area contributed by atoms with Gasteiger partial charge in [-0.1, -0.05) is 32.0 Å². The Morgan fingerprint density at radius 1 is 1.16 bits per heavy atom. The summed E-state index contributed by atoms with van der Waals surface area (Å²) in [6.07, 6.45) is -0.155. The van der Waals surface area contributed by atoms with Gasteiger partial charge in [-0.2, -0.15) is 0 Å². The summed E-state index contributed by atoms with van der Waals surface area (Å²) in [6, 6.07) is 11.5. The summed E-state index contributed by atoms with van der Waals surface area (Å²) in [7, 11) is 0. The lowest BCUT2D eigenvalue weighted by Gasteiger charge is -2.45. The maximum Gasteiger partial charge on any atom is 0.251 e. The molecule has 202 valence electrons. The number of hydrogen-bond donors (Lipinski definition) is 3. The van der Waals surface area contributed by atoms with Gasteiger partial charge in [0.25, 0.3) is 5.91 Å². The summed E-state index contributed by atoms with van der Waals surface area (Å²) in [5, 5.41) is 13.5. The van der Waals surface area contributed by atoms with Crippen LogP contribution in [0.5, 0.6) is 11.5 Å². The van der Waals surface area contributed by atoms with Gasteiger partial charge in [-0.05, 0) is 51.0 Å². The smallest absolute Gasteiger partial charge is 0.251 e. The topological polar surface area (TPSA) is 126 Å². The molecule has 0 bridgehead atoms. The Morgan fingerprint density at radius 2 is 1.89 bits per heavy atom. The van der Waals surface area contributed by atoms with Crippen LogP contribution >= 0.6 is 0 Å². The molecule has 0 radical (unpaired) electrons. The lowest BCUT2D eigenvalue weighted by molar-refractivity contribution is -0.133. The van der Waals surface area contributed by atoms with Crippen LogP contribution in [0.2, 0.25) is 0 Å². The highest BCUT2D eigenvalue weighted by Gasteiger charge is 2.45. The number of carbonyl (C=O) groups is 2. The van der Waals surface area contributed by atoms with Gasteiger partial charge in [-0.25, -0.2) is 4.99 Å². The first-order valence-electron chi connectivity index (χ1n) is 13.1. The van der Waals surface area contributed by atoms with E-state index in [2.05, 4.69) is 5.32 Å². The second kappa shape index (κ2) is 9.31. The van der Waals surface area contributed by atoms with E-state index in [1.165, 1.54) is 0 Å². The van der Waals surface area contributed by atoms with Crippen LogP contribution in [0.4, 0.5) is 0 Å². The maximum atomic E-state index is 13.5. The Balaban J connectivity index is 1.48. The summed E-state index contributed by atoms with van der Waals surface area (Å²) in [6.45, 7) is 10.0. The fraction of sp³-hybridized carbons (Fsp3) is 0.483. The Labute approximate surface area is 223 Å². The van der Waals surface area contributed by atoms with Crippen molar-refractivity contribution in [3.05, 3.63) is 59.2 Å². The van der Waals surface area contributed by atoms with Crippen molar-refractivity contribution in [2.24, 2.45) is 16.6 Å². The van der Waals surface area contributed by atoms with Crippen LogP contribution in [0.25, 0.3) is 0 Å². The third kappa shape index (κ3) is 4.60. The largest absolute Gasteiger partial charge is 0.490 e. The van der Waals surface area contributed by atoms with Crippen LogP contribution in [0, 0.1) is 5.92 Å². The first-order chi connectivity index (χ1) is 17.9. The first-order valence-corrected chi connectivity index (χ1v) is 13.1. The molecule has 3 aliphatic heterocycles. The summed E-state index contributed by atoms with van der Waals surface area (Å²) < 4.78 is 11.8. The molecular weight excluding hydrogens is 484 g/mol. The monoisotopic (exact) mass is 520 g/mol. The zero-order chi connectivity index (χ0) is 27.4. The molecule has 2 aromatic carbocycles. The van der Waals surface area contributed by atoms with E-state index in [4.69, 9.17) is 20.2 Å². The van der Waals surface area contributed by atoms with Gasteiger partial charge in [0.05, 0.1) is 24.0 Å². The molecule has 3 aliphatic rings. The number of aliphatic hydroxyl groups excluding tert-OH is 1. The van der Waals surface area contributed by atoms with Gasteiger partial charge in [0.1, 0.15) is 29.8 Å². The number of fused-ring (bicyclic) bond motifs is 2. The lowest BCUT2D eigenvalue weighted by atomic mass is 9.82. The summed E-state index contributed by atoms with van der Waals surface area (Å²) in [4.78, 5) is 33.2. The molecule has 5 rings (SSSR count). The second-order valence-electron chi connectivity index (χ2n) is 11.6. The van der Waals surface area contributed by atoms with E-state index in [0.717, 1.165) is 5.56 Å². The van der Waals surface area contributed by atoms with E-state index in [1.807, 2.05) is 58.9 Å². The molecule has 0 aliphatic carbocycles. The number of hydrogen-bond acceptors (Lipinski definition) is 7. The zero-order valence-corrected chi connectivity index (χ0v) is 22.5. The molecule has 0 aromatic heterocycles. The number of aliphatic hydroxyl groups is 1. The number of carbonyl (C=O) groups excluding carboxylic acids is 2. The highest BCUT2D eigenvalue weighted by molar-refractivity contribution is 6.00. The van der Waals surface area contributed by atoms with Crippen molar-refractivity contribution in [2.75, 3.05) is 6.61 Å². The number of guanidine groups is 1. The molecule has 0 saturated carbocycles. The molecule has 9 nitrogen and oxygen atoms in total. The minimum Gasteiger partial charge on any atom is -0.490 e.